The Balaban J connectivity index is 1.65. The Morgan fingerprint density at radius 2 is 1.70 bits per heavy atom. The summed E-state index contributed by atoms with van der Waals surface area (Å²) in [6, 6.07) is 6.99. The number of pyridine rings is 1. The zero-order chi connectivity index (χ0) is 29.2. The van der Waals surface area contributed by atoms with Gasteiger partial charge in [0.1, 0.15) is 27.7 Å². The average Bonchev–Trinajstić information content (AvgIpc) is 2.90. The van der Waals surface area contributed by atoms with Gasteiger partial charge in [-0.05, 0) is 37.1 Å². The van der Waals surface area contributed by atoms with Crippen molar-refractivity contribution in [2.75, 3.05) is 27.3 Å². The molecular formula is C27H29F2N3O7S. The highest BCUT2D eigenvalue weighted by atomic mass is 32.2. The molecule has 0 bridgehead atoms. The van der Waals surface area contributed by atoms with E-state index in [1.54, 1.807) is 18.2 Å². The van der Waals surface area contributed by atoms with E-state index in [9.17, 15) is 32.2 Å². The summed E-state index contributed by atoms with van der Waals surface area (Å²) in [5.41, 5.74) is 0.385. The van der Waals surface area contributed by atoms with Crippen LogP contribution in [0.1, 0.15) is 35.8 Å². The van der Waals surface area contributed by atoms with E-state index in [2.05, 4.69) is 9.71 Å². The Labute approximate surface area is 230 Å². The number of hydrogen-bond donors (Lipinski definition) is 3. The van der Waals surface area contributed by atoms with Gasteiger partial charge in [0, 0.05) is 13.1 Å². The monoisotopic (exact) mass is 577 g/mol. The highest BCUT2D eigenvalue weighted by molar-refractivity contribution is 7.89. The molecule has 1 aliphatic rings. The molecule has 0 radical (unpaired) electrons. The van der Waals surface area contributed by atoms with Crippen LogP contribution in [0.3, 0.4) is 0 Å². The van der Waals surface area contributed by atoms with Crippen LogP contribution in [0.25, 0.3) is 11.1 Å². The zero-order valence-corrected chi connectivity index (χ0v) is 22.9. The number of hydrogen-bond acceptors (Lipinski definition) is 8. The van der Waals surface area contributed by atoms with Crippen LogP contribution in [0, 0.1) is 11.6 Å². The topological polar surface area (TPSA) is 138 Å². The predicted octanol–water partition coefficient (Wildman–Crippen LogP) is 3.60. The van der Waals surface area contributed by atoms with Crippen LogP contribution in [0.15, 0.2) is 41.3 Å². The number of methoxy groups -OCH3 is 2. The Hall–Kier alpha value is -3.97. The van der Waals surface area contributed by atoms with Crippen LogP contribution in [0.5, 0.6) is 23.1 Å². The first-order valence-corrected chi connectivity index (χ1v) is 13.9. The molecule has 0 aliphatic carbocycles. The molecular weight excluding hydrogens is 548 g/mol. The van der Waals surface area contributed by atoms with Crippen molar-refractivity contribution >= 4 is 15.9 Å². The Morgan fingerprint density at radius 3 is 2.30 bits per heavy atom. The van der Waals surface area contributed by atoms with Crippen molar-refractivity contribution < 1.29 is 41.7 Å². The minimum Gasteiger partial charge on any atom is -0.506 e. The number of likely N-dealkylation sites (tertiary alicyclic amines) is 1. The van der Waals surface area contributed by atoms with Crippen LogP contribution in [0.4, 0.5) is 8.78 Å². The van der Waals surface area contributed by atoms with Gasteiger partial charge >= 0.3 is 0 Å². The highest BCUT2D eigenvalue weighted by Gasteiger charge is 2.38. The summed E-state index contributed by atoms with van der Waals surface area (Å²) >= 11 is 0. The number of amides is 1. The standard InChI is InChI=1S/C27H29F2N3O7S/c1-4-5-9-17-21(22-18(38-2)10-7-11-19(22)39-3)25(33)23(26(34)30-17)27(35)32-13-15(14-32)31-40(36,37)20-12-6-8-16(28)24(20)29/h6-8,10-12,15,31H,4-5,9,13-14H2,1-3H3,(H2,30,33,34). The smallest absolute Gasteiger partial charge is 0.263 e. The minimum atomic E-state index is -4.42. The number of benzene rings is 2. The van der Waals surface area contributed by atoms with E-state index in [1.165, 1.54) is 19.1 Å². The summed E-state index contributed by atoms with van der Waals surface area (Å²) < 4.78 is 65.9. The number of nitrogens with zero attached hydrogens (tertiary/aromatic N) is 2. The number of halogens is 2. The number of rotatable bonds is 10. The molecule has 1 aliphatic heterocycles. The molecule has 13 heteroatoms. The van der Waals surface area contributed by atoms with Crippen molar-refractivity contribution in [3.63, 3.8) is 0 Å². The lowest BCUT2D eigenvalue weighted by molar-refractivity contribution is 0.0584. The first-order chi connectivity index (χ1) is 19.0. The van der Waals surface area contributed by atoms with E-state index < -0.39 is 55.7 Å². The maximum absolute atomic E-state index is 14.0. The van der Waals surface area contributed by atoms with Crippen LogP contribution in [0.2, 0.25) is 0 Å². The third-order valence-electron chi connectivity index (χ3n) is 6.58. The van der Waals surface area contributed by atoms with Crippen molar-refractivity contribution in [2.24, 2.45) is 0 Å². The molecule has 40 heavy (non-hydrogen) atoms. The van der Waals surface area contributed by atoms with E-state index in [-0.39, 0.29) is 18.7 Å². The van der Waals surface area contributed by atoms with Crippen molar-refractivity contribution in [3.8, 4) is 34.3 Å². The van der Waals surface area contributed by atoms with Gasteiger partial charge in [-0.2, -0.15) is 0 Å². The Morgan fingerprint density at radius 1 is 1.07 bits per heavy atom. The van der Waals surface area contributed by atoms with Gasteiger partial charge in [0.05, 0.1) is 37.1 Å². The normalized spacial score (nSPS) is 13.7. The van der Waals surface area contributed by atoms with E-state index in [0.29, 0.717) is 35.6 Å². The molecule has 3 N–H and O–H groups in total. The number of sulfonamides is 1. The summed E-state index contributed by atoms with van der Waals surface area (Å²) in [5, 5.41) is 22.1. The molecule has 1 aromatic heterocycles. The van der Waals surface area contributed by atoms with Crippen LogP contribution >= 0.6 is 0 Å². The molecule has 0 saturated carbocycles. The summed E-state index contributed by atoms with van der Waals surface area (Å²) in [4.78, 5) is 18.0. The number of aromatic hydroxyl groups is 2. The van der Waals surface area contributed by atoms with E-state index >= 15 is 0 Å². The van der Waals surface area contributed by atoms with Crippen LogP contribution < -0.4 is 14.2 Å². The molecule has 1 saturated heterocycles. The van der Waals surface area contributed by atoms with Crippen molar-refractivity contribution in [1.29, 1.82) is 0 Å². The second-order valence-electron chi connectivity index (χ2n) is 9.20. The van der Waals surface area contributed by atoms with Gasteiger partial charge in [-0.1, -0.05) is 25.5 Å². The van der Waals surface area contributed by atoms with Crippen molar-refractivity contribution in [1.82, 2.24) is 14.6 Å². The number of aromatic nitrogens is 1. The maximum atomic E-state index is 14.0. The van der Waals surface area contributed by atoms with E-state index in [0.717, 1.165) is 24.6 Å². The van der Waals surface area contributed by atoms with Gasteiger partial charge in [-0.15, -0.1) is 0 Å². The fourth-order valence-corrected chi connectivity index (χ4v) is 5.85. The molecule has 1 amide bonds. The zero-order valence-electron chi connectivity index (χ0n) is 22.1. The van der Waals surface area contributed by atoms with E-state index in [4.69, 9.17) is 9.47 Å². The fraction of sp³-hybridized carbons (Fsp3) is 0.333. The quantitative estimate of drug-likeness (QED) is 0.332. The molecule has 214 valence electrons. The fourth-order valence-electron chi connectivity index (χ4n) is 4.54. The Bertz CT molecular complexity index is 1520. The van der Waals surface area contributed by atoms with Gasteiger partial charge in [-0.25, -0.2) is 26.9 Å². The molecule has 2 heterocycles. The van der Waals surface area contributed by atoms with Gasteiger partial charge < -0.3 is 24.6 Å². The maximum Gasteiger partial charge on any atom is 0.263 e. The van der Waals surface area contributed by atoms with Gasteiger partial charge in [-0.3, -0.25) is 4.79 Å². The van der Waals surface area contributed by atoms with Gasteiger partial charge in [0.2, 0.25) is 15.9 Å². The first kappa shape index (κ1) is 29.0. The molecule has 1 fully saturated rings. The van der Waals surface area contributed by atoms with Crippen molar-refractivity contribution in [3.05, 3.63) is 59.3 Å². The lowest BCUT2D eigenvalue weighted by Gasteiger charge is -2.39. The number of nitrogens with one attached hydrogen (secondary N) is 1. The number of unbranched alkanes of at least 4 members (excludes halogenated alkanes) is 1. The first-order valence-electron chi connectivity index (χ1n) is 12.5. The molecule has 3 aromatic rings. The molecule has 0 unspecified atom stereocenters. The molecule has 10 nitrogen and oxygen atoms in total. The average molecular weight is 578 g/mol. The summed E-state index contributed by atoms with van der Waals surface area (Å²) in [6.45, 7) is 1.66. The number of carbonyl (C=O) groups excluding carboxylic acids is 1. The van der Waals surface area contributed by atoms with Gasteiger partial charge in [0.25, 0.3) is 5.91 Å². The largest absolute Gasteiger partial charge is 0.506 e. The number of aryl methyl sites for hydroxylation is 1. The lowest BCUT2D eigenvalue weighted by Crippen LogP contribution is -2.60. The summed E-state index contributed by atoms with van der Waals surface area (Å²) in [5.74, 6) is -4.13. The SMILES string of the molecule is CCCCc1nc(O)c(C(=O)N2CC(NS(=O)(=O)c3cccc(F)c3F)C2)c(O)c1-c1c(OC)cccc1OC. The van der Waals surface area contributed by atoms with Crippen LogP contribution in [-0.4, -0.2) is 67.8 Å². The van der Waals surface area contributed by atoms with E-state index in [1.807, 2.05) is 6.92 Å². The minimum absolute atomic E-state index is 0.154. The summed E-state index contributed by atoms with van der Waals surface area (Å²) in [6.07, 6.45) is 1.87. The number of carbonyl (C=O) groups is 1. The predicted molar refractivity (Wildman–Crippen MR) is 141 cm³/mol. The number of ether oxygens (including phenoxy) is 2. The van der Waals surface area contributed by atoms with Gasteiger partial charge in [0.15, 0.2) is 11.6 Å². The van der Waals surface area contributed by atoms with Crippen molar-refractivity contribution in [2.45, 2.75) is 37.1 Å². The third-order valence-corrected chi connectivity index (χ3v) is 8.12. The Kier molecular flexibility index (Phi) is 8.45. The second-order valence-corrected chi connectivity index (χ2v) is 10.9. The summed E-state index contributed by atoms with van der Waals surface area (Å²) in [7, 11) is -1.53. The third kappa shape index (κ3) is 5.39. The van der Waals surface area contributed by atoms with Crippen LogP contribution in [-0.2, 0) is 16.4 Å². The second kappa shape index (κ2) is 11.6. The molecule has 2 aromatic carbocycles. The lowest BCUT2D eigenvalue weighted by atomic mass is 9.95. The molecule has 0 spiro atoms. The molecule has 0 atom stereocenters. The highest BCUT2D eigenvalue weighted by Crippen LogP contribution is 2.47. The molecule has 4 rings (SSSR count).